The largest absolute Gasteiger partial charge is 0.508 e. The summed E-state index contributed by atoms with van der Waals surface area (Å²) in [6.07, 6.45) is 2.91. The highest BCUT2D eigenvalue weighted by molar-refractivity contribution is 5.94. The maximum Gasteiger partial charge on any atom is 0.326 e. The predicted octanol–water partition coefficient (Wildman–Crippen LogP) is 2.62. The summed E-state index contributed by atoms with van der Waals surface area (Å²) in [6, 6.07) is 9.63. The molecular weight excluding hydrogens is 550 g/mol. The van der Waals surface area contributed by atoms with Crippen LogP contribution in [0.4, 0.5) is 0 Å². The minimum atomic E-state index is -1.17. The van der Waals surface area contributed by atoms with Crippen molar-refractivity contribution in [3.8, 4) is 5.75 Å². The second-order valence-corrected chi connectivity index (χ2v) is 11.5. The predicted molar refractivity (Wildman–Crippen MR) is 164 cm³/mol. The topological polar surface area (TPSA) is 187 Å². The zero-order valence-corrected chi connectivity index (χ0v) is 25.1. The first-order valence-corrected chi connectivity index (χ1v) is 14.6. The number of carboxylic acids is 1. The number of nitrogens with two attached hydrogens (primary N) is 1. The van der Waals surface area contributed by atoms with E-state index in [-0.39, 0.29) is 36.8 Å². The number of aromatic hydroxyl groups is 1. The van der Waals surface area contributed by atoms with E-state index in [1.807, 2.05) is 51.2 Å². The van der Waals surface area contributed by atoms with Gasteiger partial charge in [0, 0.05) is 23.5 Å². The van der Waals surface area contributed by atoms with Crippen molar-refractivity contribution in [2.24, 2.45) is 17.6 Å². The van der Waals surface area contributed by atoms with Gasteiger partial charge in [-0.05, 0) is 54.0 Å². The lowest BCUT2D eigenvalue weighted by Crippen LogP contribution is -2.58. The molecule has 43 heavy (non-hydrogen) atoms. The summed E-state index contributed by atoms with van der Waals surface area (Å²) in [5, 5.41) is 28.4. The number of hydrogen-bond acceptors (Lipinski definition) is 6. The number of carbonyl (C=O) groups is 4. The smallest absolute Gasteiger partial charge is 0.326 e. The van der Waals surface area contributed by atoms with Crippen LogP contribution in [-0.2, 0) is 32.0 Å². The van der Waals surface area contributed by atoms with Crippen molar-refractivity contribution in [1.82, 2.24) is 20.9 Å². The van der Waals surface area contributed by atoms with Gasteiger partial charge >= 0.3 is 5.97 Å². The molecule has 3 amide bonds. The standard InChI is InChI=1S/C32H43N5O6/c1-5-19(4)28(32(42)43)37-31(41)27(15-20-10-12-22(38)13-11-20)36-30(40)26(14-18(2)3)35-29(39)24(33)16-21-17-34-25-9-7-6-8-23(21)25/h6-13,17-19,24,26-28,34,38H,5,14-16,33H2,1-4H3,(H,35,39)(H,36,40)(H,37,41)(H,42,43). The molecule has 0 aliphatic rings. The molecule has 8 N–H and O–H groups in total. The van der Waals surface area contributed by atoms with Crippen LogP contribution in [0.15, 0.2) is 54.7 Å². The third-order valence-electron chi connectivity index (χ3n) is 7.58. The number of phenols is 1. The number of carboxylic acid groups (broad SMARTS) is 1. The van der Waals surface area contributed by atoms with E-state index in [4.69, 9.17) is 5.73 Å². The monoisotopic (exact) mass is 593 g/mol. The second kappa shape index (κ2) is 15.2. The molecule has 0 saturated heterocycles. The van der Waals surface area contributed by atoms with Crippen LogP contribution in [0.25, 0.3) is 10.9 Å². The molecule has 0 fully saturated rings. The Kier molecular flexibility index (Phi) is 11.7. The number of aliphatic carboxylic acids is 1. The van der Waals surface area contributed by atoms with Gasteiger partial charge in [0.1, 0.15) is 23.9 Å². The van der Waals surface area contributed by atoms with Crippen LogP contribution >= 0.6 is 0 Å². The minimum absolute atomic E-state index is 0.0204. The Labute approximate surface area is 251 Å². The number of nitrogens with one attached hydrogen (secondary N) is 4. The fourth-order valence-corrected chi connectivity index (χ4v) is 4.90. The van der Waals surface area contributed by atoms with Gasteiger partial charge in [-0.2, -0.15) is 0 Å². The summed E-state index contributed by atoms with van der Waals surface area (Å²) in [5.41, 5.74) is 8.71. The van der Waals surface area contributed by atoms with Crippen LogP contribution in [0, 0.1) is 11.8 Å². The molecule has 2 aromatic carbocycles. The van der Waals surface area contributed by atoms with Gasteiger partial charge in [0.15, 0.2) is 0 Å². The molecule has 0 aliphatic heterocycles. The summed E-state index contributed by atoms with van der Waals surface area (Å²) in [4.78, 5) is 55.2. The van der Waals surface area contributed by atoms with E-state index < -0.39 is 47.9 Å². The molecule has 0 aliphatic carbocycles. The number of para-hydroxylation sites is 1. The molecule has 0 radical (unpaired) electrons. The van der Waals surface area contributed by atoms with Gasteiger partial charge in [-0.25, -0.2) is 4.79 Å². The third-order valence-corrected chi connectivity index (χ3v) is 7.58. The Hall–Kier alpha value is -4.38. The zero-order chi connectivity index (χ0) is 31.7. The molecule has 3 aromatic rings. The molecular formula is C32H43N5O6. The highest BCUT2D eigenvalue weighted by Crippen LogP contribution is 2.19. The molecule has 0 bridgehead atoms. The van der Waals surface area contributed by atoms with Crippen LogP contribution < -0.4 is 21.7 Å². The molecule has 5 unspecified atom stereocenters. The summed E-state index contributed by atoms with van der Waals surface area (Å²) < 4.78 is 0. The third kappa shape index (κ3) is 9.31. The highest BCUT2D eigenvalue weighted by Gasteiger charge is 2.32. The van der Waals surface area contributed by atoms with Crippen molar-refractivity contribution in [1.29, 1.82) is 0 Å². The minimum Gasteiger partial charge on any atom is -0.508 e. The molecule has 0 saturated carbocycles. The maximum absolute atomic E-state index is 13.6. The number of benzene rings is 2. The number of carbonyl (C=O) groups excluding carboxylic acids is 3. The molecule has 11 nitrogen and oxygen atoms in total. The first-order chi connectivity index (χ1) is 20.4. The van der Waals surface area contributed by atoms with E-state index in [9.17, 15) is 29.4 Å². The number of fused-ring (bicyclic) bond motifs is 1. The van der Waals surface area contributed by atoms with Crippen molar-refractivity contribution >= 4 is 34.6 Å². The van der Waals surface area contributed by atoms with E-state index in [1.165, 1.54) is 12.1 Å². The second-order valence-electron chi connectivity index (χ2n) is 11.5. The number of phenolic OH excluding ortho intramolecular Hbond substituents is 1. The van der Waals surface area contributed by atoms with E-state index in [0.29, 0.717) is 12.0 Å². The fraction of sp³-hybridized carbons (Fsp3) is 0.438. The molecule has 11 heteroatoms. The first kappa shape index (κ1) is 33.1. The van der Waals surface area contributed by atoms with E-state index in [0.717, 1.165) is 16.5 Å². The molecule has 1 heterocycles. The average molecular weight is 594 g/mol. The quantitative estimate of drug-likeness (QED) is 0.141. The van der Waals surface area contributed by atoms with Crippen molar-refractivity contribution in [2.45, 2.75) is 77.5 Å². The zero-order valence-electron chi connectivity index (χ0n) is 25.1. The van der Waals surface area contributed by atoms with Crippen LogP contribution in [-0.4, -0.2) is 63.1 Å². The van der Waals surface area contributed by atoms with Crippen molar-refractivity contribution < 1.29 is 29.4 Å². The van der Waals surface area contributed by atoms with Crippen molar-refractivity contribution in [3.05, 3.63) is 65.9 Å². The van der Waals surface area contributed by atoms with Gasteiger partial charge in [0.25, 0.3) is 0 Å². The first-order valence-electron chi connectivity index (χ1n) is 14.6. The van der Waals surface area contributed by atoms with Gasteiger partial charge in [0.2, 0.25) is 17.7 Å². The number of aromatic nitrogens is 1. The van der Waals surface area contributed by atoms with Gasteiger partial charge in [-0.15, -0.1) is 0 Å². The summed E-state index contributed by atoms with van der Waals surface area (Å²) in [6.45, 7) is 7.36. The van der Waals surface area contributed by atoms with E-state index in [2.05, 4.69) is 20.9 Å². The van der Waals surface area contributed by atoms with Crippen LogP contribution in [0.2, 0.25) is 0 Å². The number of H-pyrrole nitrogens is 1. The molecule has 3 rings (SSSR count). The van der Waals surface area contributed by atoms with Gasteiger partial charge in [0.05, 0.1) is 6.04 Å². The Bertz CT molecular complexity index is 1400. The summed E-state index contributed by atoms with van der Waals surface area (Å²) in [7, 11) is 0. The highest BCUT2D eigenvalue weighted by atomic mass is 16.4. The Morgan fingerprint density at radius 3 is 2.12 bits per heavy atom. The van der Waals surface area contributed by atoms with Gasteiger partial charge in [-0.1, -0.05) is 64.4 Å². The van der Waals surface area contributed by atoms with Crippen LogP contribution in [0.1, 0.15) is 51.7 Å². The summed E-state index contributed by atoms with van der Waals surface area (Å²) in [5.74, 6) is -3.22. The maximum atomic E-state index is 13.6. The average Bonchev–Trinajstić information content (AvgIpc) is 3.37. The summed E-state index contributed by atoms with van der Waals surface area (Å²) >= 11 is 0. The molecule has 1 aromatic heterocycles. The van der Waals surface area contributed by atoms with Crippen molar-refractivity contribution in [3.63, 3.8) is 0 Å². The Balaban J connectivity index is 1.78. The SMILES string of the molecule is CCC(C)C(NC(=O)C(Cc1ccc(O)cc1)NC(=O)C(CC(C)C)NC(=O)C(N)Cc1c[nH]c2ccccc12)C(=O)O. The van der Waals surface area contributed by atoms with Crippen molar-refractivity contribution in [2.75, 3.05) is 0 Å². The van der Waals surface area contributed by atoms with Gasteiger partial charge < -0.3 is 36.9 Å². The lowest BCUT2D eigenvalue weighted by molar-refractivity contribution is -0.143. The number of hydrogen-bond donors (Lipinski definition) is 7. The number of rotatable bonds is 15. The van der Waals surface area contributed by atoms with E-state index in [1.54, 1.807) is 19.1 Å². The lowest BCUT2D eigenvalue weighted by Gasteiger charge is -2.27. The van der Waals surface area contributed by atoms with Crippen LogP contribution in [0.5, 0.6) is 5.75 Å². The van der Waals surface area contributed by atoms with Gasteiger partial charge in [-0.3, -0.25) is 14.4 Å². The molecule has 5 atom stereocenters. The number of amides is 3. The van der Waals surface area contributed by atoms with Crippen LogP contribution in [0.3, 0.4) is 0 Å². The Morgan fingerprint density at radius 1 is 0.860 bits per heavy atom. The number of aromatic amines is 1. The Morgan fingerprint density at radius 2 is 1.49 bits per heavy atom. The fourth-order valence-electron chi connectivity index (χ4n) is 4.90. The molecule has 232 valence electrons. The molecule has 0 spiro atoms. The van der Waals surface area contributed by atoms with E-state index >= 15 is 0 Å². The normalized spacial score (nSPS) is 14.8. The lowest BCUT2D eigenvalue weighted by atomic mass is 9.97.